The van der Waals surface area contributed by atoms with Gasteiger partial charge in [-0.15, -0.1) is 0 Å². The normalized spacial score (nSPS) is 26.9. The number of nitrogens with zero attached hydrogens (tertiary/aromatic N) is 1. The summed E-state index contributed by atoms with van der Waals surface area (Å²) in [5.74, 6) is -0.242. The fourth-order valence-electron chi connectivity index (χ4n) is 2.85. The summed E-state index contributed by atoms with van der Waals surface area (Å²) in [7, 11) is 0. The van der Waals surface area contributed by atoms with Gasteiger partial charge in [0.2, 0.25) is 5.91 Å². The summed E-state index contributed by atoms with van der Waals surface area (Å²) in [6, 6.07) is -0.472. The van der Waals surface area contributed by atoms with Crippen molar-refractivity contribution >= 4 is 11.9 Å². The lowest BCUT2D eigenvalue weighted by Gasteiger charge is -2.34. The summed E-state index contributed by atoms with van der Waals surface area (Å²) in [6.45, 7) is 2.96. The van der Waals surface area contributed by atoms with Gasteiger partial charge in [0.15, 0.2) is 0 Å². The molecule has 2 aliphatic heterocycles. The molecule has 2 heterocycles. The van der Waals surface area contributed by atoms with Crippen molar-refractivity contribution in [1.82, 2.24) is 15.5 Å². The highest BCUT2D eigenvalue weighted by molar-refractivity contribution is 5.96. The largest absolute Gasteiger partial charge is 0.351 e. The van der Waals surface area contributed by atoms with Crippen LogP contribution in [0.5, 0.6) is 0 Å². The van der Waals surface area contributed by atoms with Gasteiger partial charge in [0.1, 0.15) is 0 Å². The highest BCUT2D eigenvalue weighted by atomic mass is 16.2. The molecule has 2 rings (SSSR count). The number of urea groups is 1. The van der Waals surface area contributed by atoms with Crippen LogP contribution in [0, 0.1) is 0 Å². The number of likely N-dealkylation sites (tertiary alicyclic amines) is 1. The summed E-state index contributed by atoms with van der Waals surface area (Å²) in [5.41, 5.74) is 4.99. The van der Waals surface area contributed by atoms with Crippen LogP contribution in [0.2, 0.25) is 0 Å². The Balaban J connectivity index is 1.96. The first-order chi connectivity index (χ1) is 8.18. The number of rotatable bonds is 2. The van der Waals surface area contributed by atoms with Crippen molar-refractivity contribution in [3.05, 3.63) is 0 Å². The highest BCUT2D eigenvalue weighted by Gasteiger charge is 2.35. The summed E-state index contributed by atoms with van der Waals surface area (Å²) in [6.07, 6.45) is 3.98. The molecule has 2 fully saturated rings. The zero-order chi connectivity index (χ0) is 12.3. The fraction of sp³-hybridized carbons (Fsp3) is 0.818. The predicted molar refractivity (Wildman–Crippen MR) is 63.3 cm³/mol. The van der Waals surface area contributed by atoms with Crippen LogP contribution in [0.25, 0.3) is 0 Å². The number of imide groups is 1. The van der Waals surface area contributed by atoms with Crippen LogP contribution in [0.3, 0.4) is 0 Å². The summed E-state index contributed by atoms with van der Waals surface area (Å²) in [4.78, 5) is 24.8. The lowest BCUT2D eigenvalue weighted by Crippen LogP contribution is -2.52. The third-order valence-corrected chi connectivity index (χ3v) is 3.62. The Hall–Kier alpha value is -1.14. The monoisotopic (exact) mass is 240 g/mol. The average Bonchev–Trinajstić information content (AvgIpc) is 2.78. The van der Waals surface area contributed by atoms with Crippen molar-refractivity contribution in [2.75, 3.05) is 19.6 Å². The van der Waals surface area contributed by atoms with Gasteiger partial charge in [-0.3, -0.25) is 15.0 Å². The van der Waals surface area contributed by atoms with E-state index in [2.05, 4.69) is 15.5 Å². The minimum Gasteiger partial charge on any atom is -0.351 e. The van der Waals surface area contributed by atoms with Crippen molar-refractivity contribution in [3.8, 4) is 0 Å². The van der Waals surface area contributed by atoms with Crippen molar-refractivity contribution in [3.63, 3.8) is 0 Å². The maximum Gasteiger partial charge on any atom is 0.318 e. The zero-order valence-corrected chi connectivity index (χ0v) is 9.95. The van der Waals surface area contributed by atoms with Crippen LogP contribution in [0.4, 0.5) is 4.79 Å². The topological polar surface area (TPSA) is 87.5 Å². The molecule has 2 aliphatic rings. The van der Waals surface area contributed by atoms with Crippen molar-refractivity contribution in [2.45, 2.75) is 37.8 Å². The average molecular weight is 240 g/mol. The number of carbonyl (C=O) groups is 2. The molecule has 6 heteroatoms. The molecule has 0 radical (unpaired) electrons. The van der Waals surface area contributed by atoms with E-state index in [1.807, 2.05) is 0 Å². The molecule has 3 amide bonds. The molecular formula is C11H20N4O2. The van der Waals surface area contributed by atoms with Crippen molar-refractivity contribution in [1.29, 1.82) is 0 Å². The molecule has 0 spiro atoms. The molecular weight excluding hydrogens is 220 g/mol. The minimum atomic E-state index is -0.757. The van der Waals surface area contributed by atoms with Gasteiger partial charge in [-0.2, -0.15) is 0 Å². The molecule has 4 N–H and O–H groups in total. The van der Waals surface area contributed by atoms with Gasteiger partial charge < -0.3 is 11.1 Å². The summed E-state index contributed by atoms with van der Waals surface area (Å²) in [5, 5.41) is 5.51. The Morgan fingerprint density at radius 1 is 1.24 bits per heavy atom. The van der Waals surface area contributed by atoms with Crippen molar-refractivity contribution < 1.29 is 9.59 Å². The third kappa shape index (κ3) is 2.95. The summed E-state index contributed by atoms with van der Waals surface area (Å²) < 4.78 is 0. The number of nitrogens with two attached hydrogens (primary N) is 1. The van der Waals surface area contributed by atoms with Crippen molar-refractivity contribution in [2.24, 2.45) is 5.73 Å². The van der Waals surface area contributed by atoms with Gasteiger partial charge in [-0.05, 0) is 45.3 Å². The van der Waals surface area contributed by atoms with E-state index in [9.17, 15) is 9.59 Å². The molecule has 0 aromatic carbocycles. The van der Waals surface area contributed by atoms with E-state index >= 15 is 0 Å². The molecule has 0 aliphatic carbocycles. The first-order valence-corrected chi connectivity index (χ1v) is 6.25. The van der Waals surface area contributed by atoms with E-state index < -0.39 is 6.03 Å². The Morgan fingerprint density at radius 2 is 1.94 bits per heavy atom. The molecule has 1 atom stereocenters. The highest BCUT2D eigenvalue weighted by Crippen LogP contribution is 2.24. The number of piperidine rings is 1. The Morgan fingerprint density at radius 3 is 2.59 bits per heavy atom. The van der Waals surface area contributed by atoms with Crippen LogP contribution in [-0.2, 0) is 4.79 Å². The molecule has 1 unspecified atom stereocenters. The SMILES string of the molecule is NC(=O)NC(=O)C1CCCN1C1CCNCC1. The number of carbonyl (C=O) groups excluding carboxylic acids is 2. The van der Waals surface area contributed by atoms with Gasteiger partial charge >= 0.3 is 6.03 Å². The standard InChI is InChI=1S/C11H20N4O2/c12-11(17)14-10(16)9-2-1-7-15(9)8-3-5-13-6-4-8/h8-9,13H,1-7H2,(H3,12,14,16,17). The lowest BCUT2D eigenvalue weighted by atomic mass is 10.0. The van der Waals surface area contributed by atoms with Crippen LogP contribution < -0.4 is 16.4 Å². The maximum atomic E-state index is 11.8. The number of amides is 3. The molecule has 96 valence electrons. The molecule has 0 saturated carbocycles. The first kappa shape index (κ1) is 12.3. The van der Waals surface area contributed by atoms with Gasteiger partial charge in [0.25, 0.3) is 0 Å². The van der Waals surface area contributed by atoms with Gasteiger partial charge in [-0.25, -0.2) is 4.79 Å². The predicted octanol–water partition coefficient (Wildman–Crippen LogP) is -0.602. The second-order valence-corrected chi connectivity index (χ2v) is 4.73. The van der Waals surface area contributed by atoms with E-state index in [0.717, 1.165) is 45.3 Å². The van der Waals surface area contributed by atoms with Crippen LogP contribution >= 0.6 is 0 Å². The van der Waals surface area contributed by atoms with E-state index in [1.165, 1.54) is 0 Å². The first-order valence-electron chi connectivity index (χ1n) is 6.25. The molecule has 17 heavy (non-hydrogen) atoms. The molecule has 0 bridgehead atoms. The molecule has 0 aromatic heterocycles. The van der Waals surface area contributed by atoms with Crippen LogP contribution in [0.15, 0.2) is 0 Å². The van der Waals surface area contributed by atoms with Crippen LogP contribution in [-0.4, -0.2) is 48.6 Å². The smallest absolute Gasteiger partial charge is 0.318 e. The Bertz CT molecular complexity index is 302. The van der Waals surface area contributed by atoms with E-state index in [4.69, 9.17) is 5.73 Å². The van der Waals surface area contributed by atoms with Gasteiger partial charge in [0, 0.05) is 6.04 Å². The third-order valence-electron chi connectivity index (χ3n) is 3.62. The second-order valence-electron chi connectivity index (χ2n) is 4.73. The van der Waals surface area contributed by atoms with Gasteiger partial charge in [0.05, 0.1) is 6.04 Å². The quantitative estimate of drug-likeness (QED) is 0.601. The molecule has 6 nitrogen and oxygen atoms in total. The number of hydrogen-bond acceptors (Lipinski definition) is 4. The number of primary amides is 1. The van der Waals surface area contributed by atoms with E-state index in [0.29, 0.717) is 6.04 Å². The maximum absolute atomic E-state index is 11.8. The Kier molecular flexibility index (Phi) is 3.96. The molecule has 0 aromatic rings. The van der Waals surface area contributed by atoms with E-state index in [-0.39, 0.29) is 11.9 Å². The minimum absolute atomic E-state index is 0.175. The second kappa shape index (κ2) is 5.46. The fourth-order valence-corrected chi connectivity index (χ4v) is 2.85. The lowest BCUT2D eigenvalue weighted by molar-refractivity contribution is -0.125. The summed E-state index contributed by atoms with van der Waals surface area (Å²) >= 11 is 0. The van der Waals surface area contributed by atoms with E-state index in [1.54, 1.807) is 0 Å². The number of hydrogen-bond donors (Lipinski definition) is 3. The van der Waals surface area contributed by atoms with Gasteiger partial charge in [-0.1, -0.05) is 0 Å². The van der Waals surface area contributed by atoms with Crippen LogP contribution in [0.1, 0.15) is 25.7 Å². The molecule has 2 saturated heterocycles. The Labute approximate surface area is 101 Å². The number of nitrogens with one attached hydrogen (secondary N) is 2. The zero-order valence-electron chi connectivity index (χ0n) is 9.95.